The molecule has 30 heavy (non-hydrogen) atoms. The Balaban J connectivity index is 1.21. The zero-order valence-electron chi connectivity index (χ0n) is 18.1. The summed E-state index contributed by atoms with van der Waals surface area (Å²) >= 11 is 6.33. The van der Waals surface area contributed by atoms with E-state index in [0.29, 0.717) is 11.8 Å². The maximum absolute atomic E-state index is 6.33. The lowest BCUT2D eigenvalue weighted by Gasteiger charge is -2.33. The van der Waals surface area contributed by atoms with Gasteiger partial charge in [-0.2, -0.15) is 5.10 Å². The standard InChI is InChI=1S/C23H33ClN6/c1-25-23(30-12-9-19(17-30)21-14-27-28(2)15-21)26-13-18-7-10-29(11-8-18)16-20-5-3-4-6-22(20)24/h3-6,14-15,18-19H,7-13,16-17H2,1-2H3,(H,25,26). The van der Waals surface area contributed by atoms with E-state index in [0.717, 1.165) is 56.7 Å². The number of nitrogens with zero attached hydrogens (tertiary/aromatic N) is 5. The molecule has 1 atom stereocenters. The highest BCUT2D eigenvalue weighted by Gasteiger charge is 2.27. The summed E-state index contributed by atoms with van der Waals surface area (Å²) in [5.74, 6) is 2.28. The first-order valence-corrected chi connectivity index (χ1v) is 11.4. The van der Waals surface area contributed by atoms with E-state index in [-0.39, 0.29) is 0 Å². The van der Waals surface area contributed by atoms with Gasteiger partial charge in [0.05, 0.1) is 6.20 Å². The number of piperidine rings is 1. The highest BCUT2D eigenvalue weighted by atomic mass is 35.5. The Morgan fingerprint density at radius 3 is 2.70 bits per heavy atom. The van der Waals surface area contributed by atoms with Gasteiger partial charge in [-0.15, -0.1) is 0 Å². The van der Waals surface area contributed by atoms with Crippen LogP contribution in [0.5, 0.6) is 0 Å². The molecule has 2 aliphatic heterocycles. The molecule has 2 aliphatic rings. The Morgan fingerprint density at radius 1 is 1.20 bits per heavy atom. The number of benzene rings is 1. The van der Waals surface area contributed by atoms with Crippen molar-refractivity contribution < 1.29 is 0 Å². The van der Waals surface area contributed by atoms with E-state index in [9.17, 15) is 0 Å². The number of hydrogen-bond donors (Lipinski definition) is 1. The largest absolute Gasteiger partial charge is 0.356 e. The maximum atomic E-state index is 6.33. The summed E-state index contributed by atoms with van der Waals surface area (Å²) in [6.45, 7) is 6.27. The van der Waals surface area contributed by atoms with Crippen molar-refractivity contribution in [2.24, 2.45) is 18.0 Å². The molecule has 1 N–H and O–H groups in total. The summed E-state index contributed by atoms with van der Waals surface area (Å²) in [6.07, 6.45) is 7.73. The van der Waals surface area contributed by atoms with Gasteiger partial charge in [-0.1, -0.05) is 29.8 Å². The smallest absolute Gasteiger partial charge is 0.193 e. The van der Waals surface area contributed by atoms with Crippen molar-refractivity contribution >= 4 is 17.6 Å². The van der Waals surface area contributed by atoms with Crippen molar-refractivity contribution in [3.63, 3.8) is 0 Å². The van der Waals surface area contributed by atoms with E-state index in [2.05, 4.69) is 43.5 Å². The van der Waals surface area contributed by atoms with E-state index < -0.39 is 0 Å². The topological polar surface area (TPSA) is 48.7 Å². The fraction of sp³-hybridized carbons (Fsp3) is 0.565. The van der Waals surface area contributed by atoms with E-state index in [1.807, 2.05) is 37.1 Å². The molecule has 0 bridgehead atoms. The van der Waals surface area contributed by atoms with E-state index >= 15 is 0 Å². The van der Waals surface area contributed by atoms with Crippen LogP contribution in [0.25, 0.3) is 0 Å². The lowest BCUT2D eigenvalue weighted by Crippen LogP contribution is -2.44. The van der Waals surface area contributed by atoms with Gasteiger partial charge in [-0.3, -0.25) is 14.6 Å². The molecular weight excluding hydrogens is 396 g/mol. The first-order valence-electron chi connectivity index (χ1n) is 11.0. The molecule has 162 valence electrons. The molecule has 0 radical (unpaired) electrons. The van der Waals surface area contributed by atoms with Crippen LogP contribution in [0.4, 0.5) is 0 Å². The quantitative estimate of drug-likeness (QED) is 0.586. The van der Waals surface area contributed by atoms with Gasteiger partial charge in [0.25, 0.3) is 0 Å². The zero-order valence-corrected chi connectivity index (χ0v) is 18.9. The number of nitrogens with one attached hydrogen (secondary N) is 1. The van der Waals surface area contributed by atoms with Crippen LogP contribution < -0.4 is 5.32 Å². The van der Waals surface area contributed by atoms with Crippen LogP contribution in [-0.4, -0.2) is 65.3 Å². The number of aryl methyl sites for hydroxylation is 1. The molecule has 0 amide bonds. The second kappa shape index (κ2) is 9.84. The molecule has 6 nitrogen and oxygen atoms in total. The summed E-state index contributed by atoms with van der Waals surface area (Å²) < 4.78 is 1.89. The van der Waals surface area contributed by atoms with E-state index in [1.54, 1.807) is 0 Å². The van der Waals surface area contributed by atoms with Crippen molar-refractivity contribution in [1.82, 2.24) is 24.9 Å². The van der Waals surface area contributed by atoms with Crippen molar-refractivity contribution in [2.75, 3.05) is 39.8 Å². The van der Waals surface area contributed by atoms with Gasteiger partial charge in [0, 0.05) is 57.4 Å². The van der Waals surface area contributed by atoms with Crippen LogP contribution in [0.15, 0.2) is 41.7 Å². The van der Waals surface area contributed by atoms with Gasteiger partial charge in [-0.25, -0.2) is 0 Å². The molecule has 3 heterocycles. The Morgan fingerprint density at radius 2 is 2.00 bits per heavy atom. The van der Waals surface area contributed by atoms with Crippen LogP contribution >= 0.6 is 11.6 Å². The van der Waals surface area contributed by atoms with Gasteiger partial charge in [0.1, 0.15) is 0 Å². The predicted octanol–water partition coefficient (Wildman–Crippen LogP) is 3.35. The van der Waals surface area contributed by atoms with Gasteiger partial charge in [-0.05, 0) is 55.5 Å². The number of aliphatic imine (C=N–C) groups is 1. The molecular formula is C23H33ClN6. The second-order valence-electron chi connectivity index (χ2n) is 8.62. The number of hydrogen-bond acceptors (Lipinski definition) is 3. The Hall–Kier alpha value is -2.05. The SMILES string of the molecule is CN=C(NCC1CCN(Cc2ccccc2Cl)CC1)N1CCC(c2cnn(C)c2)C1. The molecule has 0 aliphatic carbocycles. The van der Waals surface area contributed by atoms with E-state index in [1.165, 1.54) is 24.0 Å². The minimum Gasteiger partial charge on any atom is -0.356 e. The molecule has 1 aromatic carbocycles. The van der Waals surface area contributed by atoms with Gasteiger partial charge >= 0.3 is 0 Å². The molecule has 2 saturated heterocycles. The zero-order chi connectivity index (χ0) is 20.9. The Kier molecular flexibility index (Phi) is 6.95. The Labute approximate surface area is 184 Å². The summed E-state index contributed by atoms with van der Waals surface area (Å²) in [6, 6.07) is 8.18. The van der Waals surface area contributed by atoms with Crippen LogP contribution in [0.3, 0.4) is 0 Å². The van der Waals surface area contributed by atoms with Crippen molar-refractivity contribution in [3.8, 4) is 0 Å². The van der Waals surface area contributed by atoms with Crippen LogP contribution in [0.1, 0.15) is 36.3 Å². The average Bonchev–Trinajstić information content (AvgIpc) is 3.41. The molecule has 4 rings (SSSR count). The first kappa shape index (κ1) is 21.2. The van der Waals surface area contributed by atoms with Crippen LogP contribution in [-0.2, 0) is 13.6 Å². The third kappa shape index (κ3) is 5.16. The monoisotopic (exact) mass is 428 g/mol. The lowest BCUT2D eigenvalue weighted by molar-refractivity contribution is 0.177. The van der Waals surface area contributed by atoms with Crippen molar-refractivity contribution in [2.45, 2.75) is 31.7 Å². The fourth-order valence-corrected chi connectivity index (χ4v) is 4.86. The third-order valence-electron chi connectivity index (χ3n) is 6.50. The molecule has 2 aromatic rings. The van der Waals surface area contributed by atoms with Crippen molar-refractivity contribution in [3.05, 3.63) is 52.8 Å². The number of guanidine groups is 1. The third-order valence-corrected chi connectivity index (χ3v) is 6.87. The van der Waals surface area contributed by atoms with Crippen LogP contribution in [0.2, 0.25) is 5.02 Å². The van der Waals surface area contributed by atoms with Gasteiger partial charge < -0.3 is 10.2 Å². The minimum absolute atomic E-state index is 0.547. The molecule has 7 heteroatoms. The predicted molar refractivity (Wildman–Crippen MR) is 123 cm³/mol. The summed E-state index contributed by atoms with van der Waals surface area (Å²) in [7, 11) is 3.88. The number of aromatic nitrogens is 2. The fourth-order valence-electron chi connectivity index (χ4n) is 4.66. The second-order valence-corrected chi connectivity index (χ2v) is 9.03. The summed E-state index contributed by atoms with van der Waals surface area (Å²) in [5.41, 5.74) is 2.56. The first-order chi connectivity index (χ1) is 14.6. The summed E-state index contributed by atoms with van der Waals surface area (Å²) in [4.78, 5) is 9.47. The molecule has 1 aromatic heterocycles. The van der Waals surface area contributed by atoms with Crippen LogP contribution in [0, 0.1) is 5.92 Å². The molecule has 0 saturated carbocycles. The van der Waals surface area contributed by atoms with Gasteiger partial charge in [0.2, 0.25) is 0 Å². The normalized spacial score (nSPS) is 21.4. The Bertz CT molecular complexity index is 855. The number of halogens is 1. The van der Waals surface area contributed by atoms with Gasteiger partial charge in [0.15, 0.2) is 5.96 Å². The molecule has 2 fully saturated rings. The van der Waals surface area contributed by atoms with E-state index in [4.69, 9.17) is 11.6 Å². The maximum Gasteiger partial charge on any atom is 0.193 e. The number of likely N-dealkylation sites (tertiary alicyclic amines) is 2. The highest BCUT2D eigenvalue weighted by molar-refractivity contribution is 6.31. The number of rotatable bonds is 5. The summed E-state index contributed by atoms with van der Waals surface area (Å²) in [5, 5.41) is 8.85. The highest BCUT2D eigenvalue weighted by Crippen LogP contribution is 2.27. The molecule has 0 spiro atoms. The average molecular weight is 429 g/mol. The lowest BCUT2D eigenvalue weighted by atomic mass is 9.96. The molecule has 1 unspecified atom stereocenters. The minimum atomic E-state index is 0.547. The van der Waals surface area contributed by atoms with Crippen molar-refractivity contribution in [1.29, 1.82) is 0 Å².